The van der Waals surface area contributed by atoms with Gasteiger partial charge in [0.15, 0.2) is 5.65 Å². The van der Waals surface area contributed by atoms with Crippen molar-refractivity contribution in [3.05, 3.63) is 41.0 Å². The SMILES string of the molecule is Cc1c(CC2CCOCC2)c(N2CCC(C(N)=O)CC2)n2c(nc3ccccc32)c1C#N. The van der Waals surface area contributed by atoms with Crippen molar-refractivity contribution in [2.24, 2.45) is 17.6 Å². The van der Waals surface area contributed by atoms with Crippen LogP contribution in [-0.2, 0) is 16.0 Å². The summed E-state index contributed by atoms with van der Waals surface area (Å²) >= 11 is 0. The molecular weight excluding hydrogens is 402 g/mol. The van der Waals surface area contributed by atoms with Crippen LogP contribution < -0.4 is 10.6 Å². The molecule has 1 amide bonds. The third-order valence-electron chi connectivity index (χ3n) is 7.24. The predicted molar refractivity (Wildman–Crippen MR) is 124 cm³/mol. The average Bonchev–Trinajstić information content (AvgIpc) is 3.19. The fourth-order valence-corrected chi connectivity index (χ4v) is 5.35. The van der Waals surface area contributed by atoms with Gasteiger partial charge in [-0.15, -0.1) is 0 Å². The molecule has 2 fully saturated rings. The first kappa shape index (κ1) is 20.8. The molecule has 7 nitrogen and oxygen atoms in total. The van der Waals surface area contributed by atoms with Gasteiger partial charge in [0, 0.05) is 32.2 Å². The largest absolute Gasteiger partial charge is 0.381 e. The molecule has 166 valence electrons. The number of ether oxygens (including phenoxy) is 1. The molecule has 4 heterocycles. The minimum Gasteiger partial charge on any atom is -0.381 e. The van der Waals surface area contributed by atoms with E-state index in [9.17, 15) is 10.1 Å². The molecule has 2 saturated heterocycles. The number of amides is 1. The van der Waals surface area contributed by atoms with Crippen molar-refractivity contribution in [1.82, 2.24) is 9.38 Å². The molecular formula is C25H29N5O2. The number of fused-ring (bicyclic) bond motifs is 3. The number of nitriles is 1. The number of hydrogen-bond acceptors (Lipinski definition) is 5. The maximum atomic E-state index is 11.8. The number of nitrogens with two attached hydrogens (primary N) is 1. The van der Waals surface area contributed by atoms with Crippen LogP contribution in [0.15, 0.2) is 24.3 Å². The van der Waals surface area contributed by atoms with Crippen molar-refractivity contribution in [2.75, 3.05) is 31.2 Å². The van der Waals surface area contributed by atoms with Crippen LogP contribution in [0.3, 0.4) is 0 Å². The van der Waals surface area contributed by atoms with Gasteiger partial charge in [0.1, 0.15) is 11.9 Å². The van der Waals surface area contributed by atoms with E-state index in [4.69, 9.17) is 15.5 Å². The molecule has 0 bridgehead atoms. The Kier molecular flexibility index (Phi) is 5.48. The maximum absolute atomic E-state index is 11.8. The Labute approximate surface area is 187 Å². The highest BCUT2D eigenvalue weighted by Crippen LogP contribution is 2.37. The van der Waals surface area contributed by atoms with E-state index < -0.39 is 0 Å². The smallest absolute Gasteiger partial charge is 0.220 e. The average molecular weight is 432 g/mol. The van der Waals surface area contributed by atoms with Crippen LogP contribution in [0.4, 0.5) is 5.82 Å². The summed E-state index contributed by atoms with van der Waals surface area (Å²) in [5, 5.41) is 10.1. The van der Waals surface area contributed by atoms with Gasteiger partial charge in [-0.25, -0.2) is 4.98 Å². The van der Waals surface area contributed by atoms with Crippen LogP contribution in [-0.4, -0.2) is 41.6 Å². The highest BCUT2D eigenvalue weighted by Gasteiger charge is 2.30. The Bertz CT molecular complexity index is 1210. The van der Waals surface area contributed by atoms with Crippen LogP contribution in [0.1, 0.15) is 42.4 Å². The van der Waals surface area contributed by atoms with Crippen molar-refractivity contribution in [3.63, 3.8) is 0 Å². The standard InChI is InChI=1S/C25H29N5O2/c1-16-19(14-17-8-12-32-13-9-17)25(29-10-6-18(7-11-29)23(27)31)30-22-5-3-2-4-21(22)28-24(30)20(16)15-26/h2-5,17-18H,6-14H2,1H3,(H2,27,31). The number of hydrogen-bond donors (Lipinski definition) is 1. The van der Waals surface area contributed by atoms with Crippen LogP contribution in [0.25, 0.3) is 16.7 Å². The van der Waals surface area contributed by atoms with Crippen molar-refractivity contribution >= 4 is 28.4 Å². The van der Waals surface area contributed by atoms with Crippen LogP contribution >= 0.6 is 0 Å². The number of carbonyl (C=O) groups is 1. The molecule has 0 atom stereocenters. The Hall–Kier alpha value is -3.11. The first-order valence-corrected chi connectivity index (χ1v) is 11.5. The lowest BCUT2D eigenvalue weighted by atomic mass is 9.88. The van der Waals surface area contributed by atoms with Gasteiger partial charge in [0.2, 0.25) is 5.91 Å². The molecule has 2 N–H and O–H groups in total. The monoisotopic (exact) mass is 431 g/mol. The molecule has 0 radical (unpaired) electrons. The van der Waals surface area contributed by atoms with E-state index in [0.29, 0.717) is 17.1 Å². The van der Waals surface area contributed by atoms with Crippen LogP contribution in [0, 0.1) is 30.1 Å². The molecule has 3 aromatic rings. The quantitative estimate of drug-likeness (QED) is 0.683. The third kappa shape index (κ3) is 3.49. The molecule has 0 spiro atoms. The highest BCUT2D eigenvalue weighted by atomic mass is 16.5. The zero-order valence-corrected chi connectivity index (χ0v) is 18.5. The van der Waals surface area contributed by atoms with Crippen LogP contribution in [0.2, 0.25) is 0 Å². The van der Waals surface area contributed by atoms with E-state index in [2.05, 4.69) is 28.4 Å². The number of anilines is 1. The minimum absolute atomic E-state index is 0.0697. The molecule has 0 unspecified atom stereocenters. The van der Waals surface area contributed by atoms with Gasteiger partial charge in [-0.3, -0.25) is 9.20 Å². The summed E-state index contributed by atoms with van der Waals surface area (Å²) in [5.74, 6) is 1.38. The van der Waals surface area contributed by atoms with Crippen molar-refractivity contribution in [1.29, 1.82) is 5.26 Å². The van der Waals surface area contributed by atoms with Gasteiger partial charge < -0.3 is 15.4 Å². The molecule has 32 heavy (non-hydrogen) atoms. The molecule has 5 rings (SSSR count). The summed E-state index contributed by atoms with van der Waals surface area (Å²) in [5.41, 5.74) is 11.1. The fraction of sp³-hybridized carbons (Fsp3) is 0.480. The van der Waals surface area contributed by atoms with Gasteiger partial charge in [-0.2, -0.15) is 5.26 Å². The Morgan fingerprint density at radius 2 is 1.94 bits per heavy atom. The predicted octanol–water partition coefficient (Wildman–Crippen LogP) is 3.34. The summed E-state index contributed by atoms with van der Waals surface area (Å²) in [4.78, 5) is 19.0. The molecule has 7 heteroatoms. The van der Waals surface area contributed by atoms with Crippen LogP contribution in [0.5, 0.6) is 0 Å². The number of rotatable bonds is 4. The van der Waals surface area contributed by atoms with Gasteiger partial charge in [0.25, 0.3) is 0 Å². The Morgan fingerprint density at radius 1 is 1.22 bits per heavy atom. The number of piperidine rings is 1. The summed E-state index contributed by atoms with van der Waals surface area (Å²) < 4.78 is 7.77. The molecule has 2 aliphatic heterocycles. The van der Waals surface area contributed by atoms with E-state index >= 15 is 0 Å². The number of pyridine rings is 1. The number of benzene rings is 1. The second kappa shape index (κ2) is 8.44. The summed E-state index contributed by atoms with van der Waals surface area (Å²) in [6, 6.07) is 10.5. The molecule has 2 aromatic heterocycles. The number of aromatic nitrogens is 2. The number of primary amides is 1. The number of para-hydroxylation sites is 2. The Morgan fingerprint density at radius 3 is 2.62 bits per heavy atom. The van der Waals surface area contributed by atoms with Crippen molar-refractivity contribution in [3.8, 4) is 6.07 Å². The zero-order chi connectivity index (χ0) is 22.2. The van der Waals surface area contributed by atoms with Gasteiger partial charge in [-0.05, 0) is 68.2 Å². The number of carbonyl (C=O) groups excluding carboxylic acids is 1. The highest BCUT2D eigenvalue weighted by molar-refractivity contribution is 5.86. The molecule has 0 saturated carbocycles. The second-order valence-electron chi connectivity index (χ2n) is 9.10. The maximum Gasteiger partial charge on any atom is 0.220 e. The van der Waals surface area contributed by atoms with E-state index in [1.807, 2.05) is 18.2 Å². The topological polar surface area (TPSA) is 96.7 Å². The third-order valence-corrected chi connectivity index (χ3v) is 7.24. The first-order chi connectivity index (χ1) is 15.6. The molecule has 1 aromatic carbocycles. The number of imidazole rings is 1. The lowest BCUT2D eigenvalue weighted by Gasteiger charge is -2.35. The van der Waals surface area contributed by atoms with Gasteiger partial charge in [-0.1, -0.05) is 12.1 Å². The Balaban J connectivity index is 1.71. The molecule has 2 aliphatic rings. The van der Waals surface area contributed by atoms with Crippen molar-refractivity contribution in [2.45, 2.75) is 39.0 Å². The fourth-order valence-electron chi connectivity index (χ4n) is 5.35. The number of nitrogens with zero attached hydrogens (tertiary/aromatic N) is 4. The zero-order valence-electron chi connectivity index (χ0n) is 18.5. The van der Waals surface area contributed by atoms with Gasteiger partial charge >= 0.3 is 0 Å². The minimum atomic E-state index is -0.207. The normalized spacial score (nSPS) is 18.3. The van der Waals surface area contributed by atoms with E-state index in [-0.39, 0.29) is 11.8 Å². The molecule has 0 aliphatic carbocycles. The lowest BCUT2D eigenvalue weighted by Crippen LogP contribution is -2.40. The summed E-state index contributed by atoms with van der Waals surface area (Å²) in [7, 11) is 0. The van der Waals surface area contributed by atoms with E-state index in [1.54, 1.807) is 0 Å². The van der Waals surface area contributed by atoms with E-state index in [1.165, 1.54) is 5.56 Å². The summed E-state index contributed by atoms with van der Waals surface area (Å²) in [6.45, 7) is 5.18. The summed E-state index contributed by atoms with van der Waals surface area (Å²) in [6.07, 6.45) is 4.48. The van der Waals surface area contributed by atoms with Gasteiger partial charge in [0.05, 0.1) is 16.6 Å². The second-order valence-corrected chi connectivity index (χ2v) is 9.10. The lowest BCUT2D eigenvalue weighted by molar-refractivity contribution is -0.122. The first-order valence-electron chi connectivity index (χ1n) is 11.5. The van der Waals surface area contributed by atoms with E-state index in [0.717, 1.165) is 80.8 Å². The van der Waals surface area contributed by atoms with Crippen molar-refractivity contribution < 1.29 is 9.53 Å².